The Morgan fingerprint density at radius 3 is 2.34 bits per heavy atom. The van der Waals surface area contributed by atoms with Crippen LogP contribution in [0.3, 0.4) is 0 Å². The van der Waals surface area contributed by atoms with Crippen LogP contribution in [0.25, 0.3) is 11.1 Å². The normalized spacial score (nSPS) is 18.8. The predicted octanol–water partition coefficient (Wildman–Crippen LogP) is 2.19. The number of hydrogen-bond donors (Lipinski definition) is 1. The second-order valence-electron chi connectivity index (χ2n) is 8.38. The van der Waals surface area contributed by atoms with E-state index in [0.717, 1.165) is 11.1 Å². The molecule has 1 fully saturated rings. The van der Waals surface area contributed by atoms with E-state index in [1.807, 2.05) is 12.1 Å². The molecule has 0 spiro atoms. The molecule has 164 valence electrons. The molecular formula is C23H21N3O5S. The maximum Gasteiger partial charge on any atom is 0.255 e. The molecule has 1 N–H and O–H groups in total. The summed E-state index contributed by atoms with van der Waals surface area (Å²) in [5, 5.41) is 11.5. The maximum atomic E-state index is 13.0. The van der Waals surface area contributed by atoms with Gasteiger partial charge in [-0.15, -0.1) is 0 Å². The van der Waals surface area contributed by atoms with Crippen molar-refractivity contribution in [3.63, 3.8) is 0 Å². The minimum Gasteiger partial charge on any atom is -0.322 e. The highest BCUT2D eigenvalue weighted by Crippen LogP contribution is 2.35. The number of piperidine rings is 1. The third kappa shape index (κ3) is 3.37. The van der Waals surface area contributed by atoms with Crippen LogP contribution in [0.15, 0.2) is 47.4 Å². The van der Waals surface area contributed by atoms with Crippen molar-refractivity contribution >= 4 is 27.6 Å². The molecule has 1 saturated heterocycles. The Morgan fingerprint density at radius 1 is 1.06 bits per heavy atom. The van der Waals surface area contributed by atoms with Crippen LogP contribution in [0.5, 0.6) is 0 Å². The second kappa shape index (κ2) is 7.57. The number of carbonyl (C=O) groups is 3. The first kappa shape index (κ1) is 21.7. The Hall–Kier alpha value is -3.51. The summed E-state index contributed by atoms with van der Waals surface area (Å²) in [6, 6.07) is 12.6. The highest BCUT2D eigenvalue weighted by Gasteiger charge is 2.40. The van der Waals surface area contributed by atoms with Gasteiger partial charge in [0.2, 0.25) is 11.8 Å². The average molecular weight is 452 g/mol. The highest BCUT2D eigenvalue weighted by atomic mass is 32.2. The van der Waals surface area contributed by atoms with E-state index >= 15 is 0 Å². The Morgan fingerprint density at radius 2 is 1.72 bits per heavy atom. The van der Waals surface area contributed by atoms with Crippen molar-refractivity contribution < 1.29 is 22.8 Å². The van der Waals surface area contributed by atoms with E-state index < -0.39 is 26.5 Å². The fourth-order valence-corrected chi connectivity index (χ4v) is 5.23. The lowest BCUT2D eigenvalue weighted by molar-refractivity contribution is -0.136. The van der Waals surface area contributed by atoms with Gasteiger partial charge >= 0.3 is 0 Å². The molecule has 32 heavy (non-hydrogen) atoms. The molecule has 1 unspecified atom stereocenters. The molecule has 0 saturated carbocycles. The van der Waals surface area contributed by atoms with Crippen molar-refractivity contribution in [1.29, 1.82) is 5.26 Å². The van der Waals surface area contributed by atoms with Gasteiger partial charge in [0, 0.05) is 18.5 Å². The summed E-state index contributed by atoms with van der Waals surface area (Å²) in [5.74, 6) is -1.09. The minimum absolute atomic E-state index is 0.0432. The number of benzene rings is 2. The number of hydrogen-bond acceptors (Lipinski definition) is 6. The Balaban J connectivity index is 1.67. The van der Waals surface area contributed by atoms with Crippen molar-refractivity contribution in [3.05, 3.63) is 53.6 Å². The summed E-state index contributed by atoms with van der Waals surface area (Å²) in [4.78, 5) is 38.2. The predicted molar refractivity (Wildman–Crippen MR) is 115 cm³/mol. The van der Waals surface area contributed by atoms with Gasteiger partial charge in [-0.05, 0) is 55.2 Å². The van der Waals surface area contributed by atoms with Gasteiger partial charge in [0.25, 0.3) is 5.91 Å². The van der Waals surface area contributed by atoms with Gasteiger partial charge in [0.15, 0.2) is 14.6 Å². The fraction of sp³-hybridized carbons (Fsp3) is 0.304. The van der Waals surface area contributed by atoms with Crippen molar-refractivity contribution in [2.45, 2.75) is 48.9 Å². The molecule has 2 heterocycles. The van der Waals surface area contributed by atoms with Crippen LogP contribution in [0.4, 0.5) is 0 Å². The molecule has 9 heteroatoms. The van der Waals surface area contributed by atoms with E-state index in [0.29, 0.717) is 11.1 Å². The molecule has 2 aliphatic heterocycles. The van der Waals surface area contributed by atoms with Gasteiger partial charge < -0.3 is 4.90 Å². The van der Waals surface area contributed by atoms with Crippen LogP contribution in [0.2, 0.25) is 0 Å². The number of amides is 3. The van der Waals surface area contributed by atoms with Crippen molar-refractivity contribution in [2.24, 2.45) is 0 Å². The minimum atomic E-state index is -3.84. The Kier molecular flexibility index (Phi) is 5.13. The molecule has 3 amide bonds. The van der Waals surface area contributed by atoms with Crippen LogP contribution >= 0.6 is 0 Å². The molecule has 0 bridgehead atoms. The fourth-order valence-electron chi connectivity index (χ4n) is 4.02. The van der Waals surface area contributed by atoms with E-state index in [1.54, 1.807) is 24.3 Å². The number of imide groups is 1. The first-order chi connectivity index (χ1) is 15.1. The molecular weight excluding hydrogens is 430 g/mol. The number of rotatable bonds is 4. The number of nitriles is 1. The van der Waals surface area contributed by atoms with E-state index in [1.165, 1.54) is 30.9 Å². The van der Waals surface area contributed by atoms with E-state index in [-0.39, 0.29) is 36.1 Å². The average Bonchev–Trinajstić information content (AvgIpc) is 3.10. The Labute approximate surface area is 185 Å². The number of fused-ring (bicyclic) bond motifs is 1. The van der Waals surface area contributed by atoms with Gasteiger partial charge in [0.05, 0.1) is 11.0 Å². The topological polar surface area (TPSA) is 124 Å². The van der Waals surface area contributed by atoms with Crippen LogP contribution in [0.1, 0.15) is 42.6 Å². The second-order valence-corrected chi connectivity index (χ2v) is 10.9. The van der Waals surface area contributed by atoms with Crippen molar-refractivity contribution in [2.75, 3.05) is 0 Å². The first-order valence-corrected chi connectivity index (χ1v) is 11.6. The van der Waals surface area contributed by atoms with Crippen LogP contribution in [-0.2, 0) is 26.0 Å². The maximum absolute atomic E-state index is 13.0. The molecule has 0 aliphatic carbocycles. The van der Waals surface area contributed by atoms with Crippen molar-refractivity contribution in [1.82, 2.24) is 10.2 Å². The number of carbonyl (C=O) groups excluding carboxylic acids is 3. The molecule has 4 rings (SSSR count). The smallest absolute Gasteiger partial charge is 0.255 e. The molecule has 0 aromatic heterocycles. The molecule has 2 aliphatic rings. The van der Waals surface area contributed by atoms with Gasteiger partial charge in [-0.1, -0.05) is 24.3 Å². The SMILES string of the molecule is CC(C)(C#N)S(=O)(=O)c1ccc(-c2cccc3c2CN(C2CCC(=O)NC2=O)C3=O)cc1. The molecule has 0 radical (unpaired) electrons. The third-order valence-electron chi connectivity index (χ3n) is 6.00. The lowest BCUT2D eigenvalue weighted by Crippen LogP contribution is -2.52. The largest absolute Gasteiger partial charge is 0.322 e. The zero-order chi connectivity index (χ0) is 23.3. The number of nitrogens with one attached hydrogen (secondary N) is 1. The van der Waals surface area contributed by atoms with Gasteiger partial charge in [-0.2, -0.15) is 5.26 Å². The summed E-state index contributed by atoms with van der Waals surface area (Å²) >= 11 is 0. The quantitative estimate of drug-likeness (QED) is 0.711. The van der Waals surface area contributed by atoms with E-state index in [4.69, 9.17) is 0 Å². The van der Waals surface area contributed by atoms with Gasteiger partial charge in [0.1, 0.15) is 6.04 Å². The van der Waals surface area contributed by atoms with Gasteiger partial charge in [-0.25, -0.2) is 8.42 Å². The first-order valence-electron chi connectivity index (χ1n) is 10.1. The lowest BCUT2D eigenvalue weighted by atomic mass is 9.97. The van der Waals surface area contributed by atoms with Crippen LogP contribution in [-0.4, -0.2) is 41.8 Å². The summed E-state index contributed by atoms with van der Waals surface area (Å²) in [7, 11) is -3.84. The zero-order valence-corrected chi connectivity index (χ0v) is 18.4. The van der Waals surface area contributed by atoms with Crippen LogP contribution < -0.4 is 5.32 Å². The monoisotopic (exact) mass is 451 g/mol. The van der Waals surface area contributed by atoms with Gasteiger partial charge in [-0.3, -0.25) is 19.7 Å². The summed E-state index contributed by atoms with van der Waals surface area (Å²) in [6.45, 7) is 2.93. The molecule has 2 aromatic carbocycles. The standard InChI is InChI=1S/C23H21N3O5S/c1-23(2,13-24)32(30,31)15-8-6-14(7-9-15)16-4-3-5-17-18(16)12-26(22(17)29)19-10-11-20(27)25-21(19)28/h3-9,19H,10-12H2,1-2H3,(H,25,27,28). The van der Waals surface area contributed by atoms with Crippen LogP contribution in [0, 0.1) is 11.3 Å². The highest BCUT2D eigenvalue weighted by molar-refractivity contribution is 7.93. The summed E-state index contributed by atoms with van der Waals surface area (Å²) in [5.41, 5.74) is 2.70. The van der Waals surface area contributed by atoms with E-state index in [2.05, 4.69) is 5.32 Å². The number of nitrogens with zero attached hydrogens (tertiary/aromatic N) is 2. The number of sulfone groups is 1. The molecule has 8 nitrogen and oxygen atoms in total. The Bertz CT molecular complexity index is 1290. The third-order valence-corrected chi connectivity index (χ3v) is 8.33. The van der Waals surface area contributed by atoms with Crippen molar-refractivity contribution in [3.8, 4) is 17.2 Å². The summed E-state index contributed by atoms with van der Waals surface area (Å²) < 4.78 is 23.8. The van der Waals surface area contributed by atoms with E-state index in [9.17, 15) is 28.1 Å². The zero-order valence-electron chi connectivity index (χ0n) is 17.6. The summed E-state index contributed by atoms with van der Waals surface area (Å²) in [6.07, 6.45) is 0.458. The molecule has 1 atom stereocenters. The molecule has 2 aromatic rings. The lowest BCUT2D eigenvalue weighted by Gasteiger charge is -2.29.